The topological polar surface area (TPSA) is 41.6 Å². The number of aromatic nitrogens is 2. The van der Waals surface area contributed by atoms with E-state index >= 15 is 0 Å². The minimum atomic E-state index is 0.495. The van der Waals surface area contributed by atoms with E-state index in [2.05, 4.69) is 30.2 Å². The molecular formula is C13H13N3. The van der Waals surface area contributed by atoms with Crippen LogP contribution in [0.1, 0.15) is 12.0 Å². The van der Waals surface area contributed by atoms with E-state index in [4.69, 9.17) is 5.26 Å². The molecule has 1 aromatic heterocycles. The van der Waals surface area contributed by atoms with Gasteiger partial charge < -0.3 is 0 Å². The number of aryl methyl sites for hydroxylation is 2. The molecule has 0 radical (unpaired) electrons. The van der Waals surface area contributed by atoms with Gasteiger partial charge in [-0.25, -0.2) is 0 Å². The van der Waals surface area contributed by atoms with Crippen molar-refractivity contribution in [3.8, 4) is 17.2 Å². The molecule has 0 fully saturated rings. The SMILES string of the molecule is Cc1ccccc1-c1cnn(CCC#N)c1. The van der Waals surface area contributed by atoms with Gasteiger partial charge in [-0.05, 0) is 18.1 Å². The standard InChI is InChI=1S/C13H13N3/c1-11-5-2-3-6-13(11)12-9-15-16(10-12)8-4-7-14/h2-3,5-6,9-10H,4,8H2,1H3. The predicted octanol–water partition coefficient (Wildman–Crippen LogP) is 2.77. The second-order valence-corrected chi connectivity index (χ2v) is 3.72. The van der Waals surface area contributed by atoms with Gasteiger partial charge >= 0.3 is 0 Å². The first-order valence-electron chi connectivity index (χ1n) is 5.26. The lowest BCUT2D eigenvalue weighted by Crippen LogP contribution is -1.96. The molecule has 80 valence electrons. The van der Waals surface area contributed by atoms with Crippen LogP contribution in [0.5, 0.6) is 0 Å². The maximum absolute atomic E-state index is 8.50. The maximum atomic E-state index is 8.50. The fourth-order valence-corrected chi connectivity index (χ4v) is 1.69. The quantitative estimate of drug-likeness (QED) is 0.783. The lowest BCUT2D eigenvalue weighted by molar-refractivity contribution is 0.628. The van der Waals surface area contributed by atoms with Crippen molar-refractivity contribution in [2.45, 2.75) is 19.9 Å². The molecule has 1 aromatic carbocycles. The highest BCUT2D eigenvalue weighted by Gasteiger charge is 2.03. The minimum Gasteiger partial charge on any atom is -0.271 e. The summed E-state index contributed by atoms with van der Waals surface area (Å²) in [6.45, 7) is 2.74. The fraction of sp³-hybridized carbons (Fsp3) is 0.231. The molecular weight excluding hydrogens is 198 g/mol. The van der Waals surface area contributed by atoms with E-state index < -0.39 is 0 Å². The molecule has 3 nitrogen and oxygen atoms in total. The van der Waals surface area contributed by atoms with Crippen molar-refractivity contribution in [1.82, 2.24) is 9.78 Å². The molecule has 2 rings (SSSR count). The summed E-state index contributed by atoms with van der Waals surface area (Å²) < 4.78 is 1.81. The summed E-state index contributed by atoms with van der Waals surface area (Å²) in [6, 6.07) is 10.3. The van der Waals surface area contributed by atoms with E-state index in [1.165, 1.54) is 11.1 Å². The highest BCUT2D eigenvalue weighted by atomic mass is 15.3. The van der Waals surface area contributed by atoms with Crippen LogP contribution in [0, 0.1) is 18.3 Å². The number of benzene rings is 1. The second-order valence-electron chi connectivity index (χ2n) is 3.72. The molecule has 0 atom stereocenters. The van der Waals surface area contributed by atoms with E-state index in [0.717, 1.165) is 5.56 Å². The summed E-state index contributed by atoms with van der Waals surface area (Å²) in [4.78, 5) is 0. The average molecular weight is 211 g/mol. The Morgan fingerprint density at radius 2 is 2.19 bits per heavy atom. The Kier molecular flexibility index (Phi) is 3.02. The first-order valence-corrected chi connectivity index (χ1v) is 5.26. The smallest absolute Gasteiger partial charge is 0.0641 e. The first-order chi connectivity index (χ1) is 7.81. The molecule has 0 aliphatic rings. The molecule has 0 spiro atoms. The zero-order valence-electron chi connectivity index (χ0n) is 9.22. The van der Waals surface area contributed by atoms with Crippen molar-refractivity contribution in [3.63, 3.8) is 0 Å². The zero-order chi connectivity index (χ0) is 11.4. The van der Waals surface area contributed by atoms with Crippen molar-refractivity contribution in [3.05, 3.63) is 42.2 Å². The summed E-state index contributed by atoms with van der Waals surface area (Å²) in [7, 11) is 0. The van der Waals surface area contributed by atoms with Gasteiger partial charge in [0, 0.05) is 11.8 Å². The minimum absolute atomic E-state index is 0.495. The summed E-state index contributed by atoms with van der Waals surface area (Å²) in [6.07, 6.45) is 4.33. The molecule has 0 aliphatic carbocycles. The highest BCUT2D eigenvalue weighted by molar-refractivity contribution is 5.65. The molecule has 0 N–H and O–H groups in total. The first kappa shape index (κ1) is 10.4. The zero-order valence-corrected chi connectivity index (χ0v) is 9.22. The molecule has 0 unspecified atom stereocenters. The molecule has 0 amide bonds. The highest BCUT2D eigenvalue weighted by Crippen LogP contribution is 2.22. The Morgan fingerprint density at radius 1 is 1.38 bits per heavy atom. The number of hydrogen-bond donors (Lipinski definition) is 0. The third-order valence-electron chi connectivity index (χ3n) is 2.54. The van der Waals surface area contributed by atoms with Crippen molar-refractivity contribution >= 4 is 0 Å². The Balaban J connectivity index is 2.26. The Labute approximate surface area is 94.9 Å². The molecule has 1 heterocycles. The van der Waals surface area contributed by atoms with Gasteiger partial charge in [-0.2, -0.15) is 10.4 Å². The number of nitriles is 1. The molecule has 0 bridgehead atoms. The fourth-order valence-electron chi connectivity index (χ4n) is 1.69. The molecule has 16 heavy (non-hydrogen) atoms. The Morgan fingerprint density at radius 3 is 2.94 bits per heavy atom. The van der Waals surface area contributed by atoms with Gasteiger partial charge in [0.25, 0.3) is 0 Å². The van der Waals surface area contributed by atoms with Gasteiger partial charge in [0.05, 0.1) is 25.2 Å². The lowest BCUT2D eigenvalue weighted by Gasteiger charge is -2.01. The largest absolute Gasteiger partial charge is 0.271 e. The summed E-state index contributed by atoms with van der Waals surface area (Å²) in [5.41, 5.74) is 3.55. The van der Waals surface area contributed by atoms with Crippen LogP contribution in [0.3, 0.4) is 0 Å². The van der Waals surface area contributed by atoms with Crippen molar-refractivity contribution in [2.75, 3.05) is 0 Å². The van der Waals surface area contributed by atoms with E-state index in [1.807, 2.05) is 29.2 Å². The van der Waals surface area contributed by atoms with Gasteiger partial charge in [0.2, 0.25) is 0 Å². The van der Waals surface area contributed by atoms with Crippen LogP contribution < -0.4 is 0 Å². The van der Waals surface area contributed by atoms with Crippen LogP contribution >= 0.6 is 0 Å². The van der Waals surface area contributed by atoms with Gasteiger partial charge in [0.1, 0.15) is 0 Å². The maximum Gasteiger partial charge on any atom is 0.0641 e. The van der Waals surface area contributed by atoms with Crippen LogP contribution in [0.25, 0.3) is 11.1 Å². The van der Waals surface area contributed by atoms with Gasteiger partial charge in [0.15, 0.2) is 0 Å². The second kappa shape index (κ2) is 4.63. The van der Waals surface area contributed by atoms with Crippen molar-refractivity contribution in [2.24, 2.45) is 0 Å². The summed E-state index contributed by atoms with van der Waals surface area (Å²) >= 11 is 0. The van der Waals surface area contributed by atoms with Crippen LogP contribution in [-0.2, 0) is 6.54 Å². The molecule has 0 saturated carbocycles. The molecule has 0 saturated heterocycles. The monoisotopic (exact) mass is 211 g/mol. The van der Waals surface area contributed by atoms with E-state index in [1.54, 1.807) is 0 Å². The molecule has 2 aromatic rings. The molecule has 3 heteroatoms. The number of hydrogen-bond acceptors (Lipinski definition) is 2. The normalized spacial score (nSPS) is 10.0. The van der Waals surface area contributed by atoms with E-state index in [0.29, 0.717) is 13.0 Å². The third kappa shape index (κ3) is 2.12. The van der Waals surface area contributed by atoms with Gasteiger partial charge in [-0.1, -0.05) is 24.3 Å². The van der Waals surface area contributed by atoms with Crippen molar-refractivity contribution < 1.29 is 0 Å². The van der Waals surface area contributed by atoms with Crippen molar-refractivity contribution in [1.29, 1.82) is 5.26 Å². The Bertz CT molecular complexity index is 520. The van der Waals surface area contributed by atoms with E-state index in [9.17, 15) is 0 Å². The van der Waals surface area contributed by atoms with Crippen LogP contribution in [0.4, 0.5) is 0 Å². The summed E-state index contributed by atoms with van der Waals surface area (Å²) in [5.74, 6) is 0. The van der Waals surface area contributed by atoms with Crippen LogP contribution in [0.2, 0.25) is 0 Å². The summed E-state index contributed by atoms with van der Waals surface area (Å²) in [5, 5.41) is 12.7. The Hall–Kier alpha value is -2.08. The van der Waals surface area contributed by atoms with Crippen LogP contribution in [0.15, 0.2) is 36.7 Å². The van der Waals surface area contributed by atoms with Gasteiger partial charge in [-0.15, -0.1) is 0 Å². The van der Waals surface area contributed by atoms with Crippen LogP contribution in [-0.4, -0.2) is 9.78 Å². The predicted molar refractivity (Wildman–Crippen MR) is 62.6 cm³/mol. The number of rotatable bonds is 3. The van der Waals surface area contributed by atoms with E-state index in [-0.39, 0.29) is 0 Å². The third-order valence-corrected chi connectivity index (χ3v) is 2.54. The average Bonchev–Trinajstić information content (AvgIpc) is 2.75. The number of nitrogens with zero attached hydrogens (tertiary/aromatic N) is 3. The molecule has 0 aliphatic heterocycles. The van der Waals surface area contributed by atoms with Gasteiger partial charge in [-0.3, -0.25) is 4.68 Å². The lowest BCUT2D eigenvalue weighted by atomic mass is 10.0.